The molecule has 0 radical (unpaired) electrons. The number of ether oxygens (including phenoxy) is 1. The average molecular weight is 306 g/mol. The minimum atomic E-state index is -0.337. The van der Waals surface area contributed by atoms with E-state index in [0.717, 1.165) is 5.56 Å². The lowest BCUT2D eigenvalue weighted by Crippen LogP contribution is -2.32. The van der Waals surface area contributed by atoms with Gasteiger partial charge in [-0.2, -0.15) is 0 Å². The summed E-state index contributed by atoms with van der Waals surface area (Å²) in [4.78, 5) is 34.6. The summed E-state index contributed by atoms with van der Waals surface area (Å²) in [5.41, 5.74) is 1.49. The van der Waals surface area contributed by atoms with Gasteiger partial charge in [0, 0.05) is 25.1 Å². The van der Waals surface area contributed by atoms with E-state index in [1.807, 2.05) is 19.1 Å². The highest BCUT2D eigenvalue weighted by Crippen LogP contribution is 2.06. The molecule has 0 fully saturated rings. The highest BCUT2D eigenvalue weighted by atomic mass is 16.5. The van der Waals surface area contributed by atoms with Gasteiger partial charge in [-0.05, 0) is 25.5 Å². The van der Waals surface area contributed by atoms with Crippen LogP contribution in [0.1, 0.15) is 35.7 Å². The van der Waals surface area contributed by atoms with Gasteiger partial charge in [0.25, 0.3) is 5.91 Å². The fraction of sp³-hybridized carbons (Fsp3) is 0.438. The molecular weight excluding hydrogens is 284 g/mol. The lowest BCUT2D eigenvalue weighted by atomic mass is 10.1. The van der Waals surface area contributed by atoms with Crippen LogP contribution in [0.25, 0.3) is 0 Å². The van der Waals surface area contributed by atoms with Crippen molar-refractivity contribution in [2.45, 2.75) is 26.7 Å². The summed E-state index contributed by atoms with van der Waals surface area (Å²) in [5, 5.41) is 5.30. The molecule has 1 aromatic carbocycles. The second-order valence-corrected chi connectivity index (χ2v) is 4.73. The first-order valence-electron chi connectivity index (χ1n) is 7.30. The monoisotopic (exact) mass is 306 g/mol. The molecule has 0 atom stereocenters. The second-order valence-electron chi connectivity index (χ2n) is 4.73. The van der Waals surface area contributed by atoms with Crippen molar-refractivity contribution in [1.29, 1.82) is 0 Å². The molecule has 0 spiro atoms. The fourth-order valence-electron chi connectivity index (χ4n) is 1.84. The number of rotatable bonds is 8. The van der Waals surface area contributed by atoms with Crippen molar-refractivity contribution in [3.63, 3.8) is 0 Å². The van der Waals surface area contributed by atoms with E-state index in [-0.39, 0.29) is 43.7 Å². The van der Waals surface area contributed by atoms with Crippen molar-refractivity contribution < 1.29 is 19.1 Å². The molecule has 2 N–H and O–H groups in total. The van der Waals surface area contributed by atoms with Gasteiger partial charge < -0.3 is 15.4 Å². The summed E-state index contributed by atoms with van der Waals surface area (Å²) in [7, 11) is 0. The minimum absolute atomic E-state index is 0.148. The zero-order valence-electron chi connectivity index (χ0n) is 13.0. The van der Waals surface area contributed by atoms with Crippen molar-refractivity contribution in [2.24, 2.45) is 0 Å². The molecule has 0 aliphatic carbocycles. The summed E-state index contributed by atoms with van der Waals surface area (Å²) in [6, 6.07) is 7.26. The largest absolute Gasteiger partial charge is 0.466 e. The minimum Gasteiger partial charge on any atom is -0.466 e. The van der Waals surface area contributed by atoms with Gasteiger partial charge in [0.15, 0.2) is 0 Å². The number of nitrogens with one attached hydrogen (secondary N) is 2. The van der Waals surface area contributed by atoms with Crippen molar-refractivity contribution in [3.8, 4) is 0 Å². The van der Waals surface area contributed by atoms with Gasteiger partial charge in [0.1, 0.15) is 0 Å². The molecule has 0 saturated heterocycles. The van der Waals surface area contributed by atoms with Crippen LogP contribution in [0.2, 0.25) is 0 Å². The highest BCUT2D eigenvalue weighted by Gasteiger charge is 2.09. The summed E-state index contributed by atoms with van der Waals surface area (Å²) in [6.07, 6.45) is 0.315. The van der Waals surface area contributed by atoms with E-state index in [1.165, 1.54) is 0 Å². The number of aryl methyl sites for hydroxylation is 1. The topological polar surface area (TPSA) is 84.5 Å². The van der Waals surface area contributed by atoms with Crippen LogP contribution in [0, 0.1) is 6.92 Å². The van der Waals surface area contributed by atoms with Crippen LogP contribution in [0.3, 0.4) is 0 Å². The standard InChI is InChI=1S/C16H22N2O4/c1-3-22-15(20)9-11-17-14(19)8-10-18-16(21)13-7-5-4-6-12(13)2/h4-7H,3,8-11H2,1-2H3,(H,17,19)(H,18,21). The van der Waals surface area contributed by atoms with Gasteiger partial charge >= 0.3 is 5.97 Å². The molecule has 0 heterocycles. The maximum atomic E-state index is 11.9. The second kappa shape index (κ2) is 9.55. The van der Waals surface area contributed by atoms with E-state index < -0.39 is 0 Å². The van der Waals surface area contributed by atoms with Gasteiger partial charge in [-0.25, -0.2) is 0 Å². The molecule has 0 aliphatic rings. The number of carbonyl (C=O) groups is 3. The lowest BCUT2D eigenvalue weighted by Gasteiger charge is -2.08. The number of carbonyl (C=O) groups excluding carboxylic acids is 3. The molecule has 1 aromatic rings. The first-order valence-corrected chi connectivity index (χ1v) is 7.30. The summed E-state index contributed by atoms with van der Waals surface area (Å²) < 4.78 is 4.75. The Bertz CT molecular complexity index is 529. The Hall–Kier alpha value is -2.37. The van der Waals surface area contributed by atoms with Gasteiger partial charge in [-0.1, -0.05) is 18.2 Å². The third-order valence-electron chi connectivity index (χ3n) is 2.98. The molecule has 0 aromatic heterocycles. The Labute approximate surface area is 130 Å². The molecule has 120 valence electrons. The van der Waals surface area contributed by atoms with Crippen molar-refractivity contribution >= 4 is 17.8 Å². The van der Waals surface area contributed by atoms with E-state index >= 15 is 0 Å². The predicted molar refractivity (Wildman–Crippen MR) is 82.4 cm³/mol. The van der Waals surface area contributed by atoms with Crippen LogP contribution in [0.5, 0.6) is 0 Å². The van der Waals surface area contributed by atoms with Crippen molar-refractivity contribution in [2.75, 3.05) is 19.7 Å². The third kappa shape index (κ3) is 6.39. The molecule has 0 bridgehead atoms. The Kier molecular flexibility index (Phi) is 7.67. The van der Waals surface area contributed by atoms with Crippen LogP contribution in [0.4, 0.5) is 0 Å². The number of amides is 2. The van der Waals surface area contributed by atoms with E-state index in [1.54, 1.807) is 19.1 Å². The van der Waals surface area contributed by atoms with Crippen LogP contribution in [0.15, 0.2) is 24.3 Å². The predicted octanol–water partition coefficient (Wildman–Crippen LogP) is 1.18. The van der Waals surface area contributed by atoms with Gasteiger partial charge in [0.2, 0.25) is 5.91 Å². The number of benzene rings is 1. The smallest absolute Gasteiger partial charge is 0.307 e. The van der Waals surface area contributed by atoms with Crippen LogP contribution >= 0.6 is 0 Å². The lowest BCUT2D eigenvalue weighted by molar-refractivity contribution is -0.143. The molecule has 22 heavy (non-hydrogen) atoms. The maximum absolute atomic E-state index is 11.9. The number of esters is 1. The highest BCUT2D eigenvalue weighted by molar-refractivity contribution is 5.95. The maximum Gasteiger partial charge on any atom is 0.307 e. The van der Waals surface area contributed by atoms with E-state index in [4.69, 9.17) is 4.74 Å². The summed E-state index contributed by atoms with van der Waals surface area (Å²) in [6.45, 7) is 4.41. The first kappa shape index (κ1) is 17.7. The Balaban J connectivity index is 2.21. The fourth-order valence-corrected chi connectivity index (χ4v) is 1.84. The zero-order valence-corrected chi connectivity index (χ0v) is 13.0. The van der Waals surface area contributed by atoms with Gasteiger partial charge in [-0.3, -0.25) is 14.4 Å². The molecule has 0 unspecified atom stereocenters. The zero-order chi connectivity index (χ0) is 16.4. The molecule has 0 saturated carbocycles. The van der Waals surface area contributed by atoms with Crippen LogP contribution in [-0.4, -0.2) is 37.5 Å². The molecule has 2 amide bonds. The number of hydrogen-bond acceptors (Lipinski definition) is 4. The Morgan fingerprint density at radius 3 is 2.41 bits per heavy atom. The third-order valence-corrected chi connectivity index (χ3v) is 2.98. The molecule has 6 heteroatoms. The Morgan fingerprint density at radius 2 is 1.73 bits per heavy atom. The van der Waals surface area contributed by atoms with Crippen molar-refractivity contribution in [3.05, 3.63) is 35.4 Å². The molecule has 0 aliphatic heterocycles. The van der Waals surface area contributed by atoms with Gasteiger partial charge in [0.05, 0.1) is 13.0 Å². The van der Waals surface area contributed by atoms with Crippen molar-refractivity contribution in [1.82, 2.24) is 10.6 Å². The molecular formula is C16H22N2O4. The number of hydrogen-bond donors (Lipinski definition) is 2. The quantitative estimate of drug-likeness (QED) is 0.706. The SMILES string of the molecule is CCOC(=O)CCNC(=O)CCNC(=O)c1ccccc1C. The first-order chi connectivity index (χ1) is 10.5. The normalized spacial score (nSPS) is 9.91. The van der Waals surface area contributed by atoms with Crippen LogP contribution < -0.4 is 10.6 Å². The Morgan fingerprint density at radius 1 is 1.05 bits per heavy atom. The summed E-state index contributed by atoms with van der Waals surface area (Å²) in [5.74, 6) is -0.748. The van der Waals surface area contributed by atoms with Gasteiger partial charge in [-0.15, -0.1) is 0 Å². The summed E-state index contributed by atoms with van der Waals surface area (Å²) >= 11 is 0. The molecule has 1 rings (SSSR count). The van der Waals surface area contributed by atoms with E-state index in [0.29, 0.717) is 12.2 Å². The van der Waals surface area contributed by atoms with Crippen LogP contribution in [-0.2, 0) is 14.3 Å². The van der Waals surface area contributed by atoms with E-state index in [2.05, 4.69) is 10.6 Å². The molecule has 6 nitrogen and oxygen atoms in total. The van der Waals surface area contributed by atoms with E-state index in [9.17, 15) is 14.4 Å². The average Bonchev–Trinajstić information content (AvgIpc) is 2.47.